The highest BCUT2D eigenvalue weighted by molar-refractivity contribution is 7.89. The van der Waals surface area contributed by atoms with Crippen molar-refractivity contribution in [3.8, 4) is 0 Å². The van der Waals surface area contributed by atoms with Gasteiger partial charge in [-0.05, 0) is 24.5 Å². The van der Waals surface area contributed by atoms with Crippen molar-refractivity contribution in [3.05, 3.63) is 23.5 Å². The number of aliphatic hydroxyl groups is 1. The molecule has 1 unspecified atom stereocenters. The molecule has 0 bridgehead atoms. The van der Waals surface area contributed by atoms with Crippen LogP contribution in [-0.4, -0.2) is 31.2 Å². The van der Waals surface area contributed by atoms with Gasteiger partial charge in [0.1, 0.15) is 10.0 Å². The number of pyridine rings is 1. The molecule has 0 saturated carbocycles. The van der Waals surface area contributed by atoms with Crippen molar-refractivity contribution in [1.29, 1.82) is 0 Å². The lowest BCUT2D eigenvalue weighted by Crippen LogP contribution is -2.39. The molecule has 1 atom stereocenters. The fourth-order valence-corrected chi connectivity index (χ4v) is 2.93. The Bertz CT molecular complexity index is 474. The molecule has 0 amide bonds. The summed E-state index contributed by atoms with van der Waals surface area (Å²) >= 11 is 5.61. The summed E-state index contributed by atoms with van der Waals surface area (Å²) in [5.74, 6) is 0.0900. The maximum Gasteiger partial charge on any atom is 0.242 e. The molecule has 1 aromatic heterocycles. The van der Waals surface area contributed by atoms with E-state index in [0.29, 0.717) is 6.42 Å². The minimum absolute atomic E-state index is 0.0652. The second-order valence-corrected chi connectivity index (χ2v) is 6.40. The van der Waals surface area contributed by atoms with Crippen LogP contribution in [0.1, 0.15) is 20.3 Å². The van der Waals surface area contributed by atoms with Gasteiger partial charge < -0.3 is 5.11 Å². The van der Waals surface area contributed by atoms with Crippen LogP contribution in [0.3, 0.4) is 0 Å². The second-order valence-electron chi connectivity index (χ2n) is 4.30. The summed E-state index contributed by atoms with van der Waals surface area (Å²) in [5.41, 5.74) is 0. The Hall–Kier alpha value is -0.690. The first-order valence-electron chi connectivity index (χ1n) is 5.61. The van der Waals surface area contributed by atoms with Crippen LogP contribution in [0.2, 0.25) is 5.15 Å². The minimum Gasteiger partial charge on any atom is -0.396 e. The maximum atomic E-state index is 12.1. The lowest BCUT2D eigenvalue weighted by Gasteiger charge is -2.21. The van der Waals surface area contributed by atoms with Gasteiger partial charge in [-0.15, -0.1) is 0 Å². The number of halogens is 1. The Labute approximate surface area is 112 Å². The molecule has 1 rings (SSSR count). The fraction of sp³-hybridized carbons (Fsp3) is 0.545. The van der Waals surface area contributed by atoms with Crippen molar-refractivity contribution in [2.24, 2.45) is 5.92 Å². The number of aliphatic hydroxyl groups excluding tert-OH is 1. The quantitative estimate of drug-likeness (QED) is 0.777. The Morgan fingerprint density at radius 3 is 2.56 bits per heavy atom. The van der Waals surface area contributed by atoms with Gasteiger partial charge in [-0.25, -0.2) is 18.1 Å². The van der Waals surface area contributed by atoms with Crippen LogP contribution < -0.4 is 4.72 Å². The molecule has 18 heavy (non-hydrogen) atoms. The standard InChI is InChI=1S/C11H17ClN2O3S/c1-8(2)10(5-6-15)14-18(16,17)9-3-4-11(12)13-7-9/h3-4,7-8,10,14-15H,5-6H2,1-2H3. The monoisotopic (exact) mass is 292 g/mol. The SMILES string of the molecule is CC(C)C(CCO)NS(=O)(=O)c1ccc(Cl)nc1. The number of hydrogen-bond acceptors (Lipinski definition) is 4. The summed E-state index contributed by atoms with van der Waals surface area (Å²) in [6.45, 7) is 3.72. The first kappa shape index (κ1) is 15.4. The summed E-state index contributed by atoms with van der Waals surface area (Å²) < 4.78 is 26.7. The largest absolute Gasteiger partial charge is 0.396 e. The summed E-state index contributed by atoms with van der Waals surface area (Å²) in [4.78, 5) is 3.81. The molecule has 2 N–H and O–H groups in total. The molecule has 7 heteroatoms. The van der Waals surface area contributed by atoms with E-state index in [-0.39, 0.29) is 28.6 Å². The Balaban J connectivity index is 2.89. The molecular formula is C11H17ClN2O3S. The predicted octanol–water partition coefficient (Wildman–Crippen LogP) is 1.42. The van der Waals surface area contributed by atoms with Gasteiger partial charge in [0.15, 0.2) is 0 Å². The third-order valence-electron chi connectivity index (χ3n) is 2.56. The van der Waals surface area contributed by atoms with Crippen molar-refractivity contribution in [2.75, 3.05) is 6.61 Å². The van der Waals surface area contributed by atoms with Gasteiger partial charge in [-0.2, -0.15) is 0 Å². The zero-order chi connectivity index (χ0) is 13.8. The molecule has 0 radical (unpaired) electrons. The van der Waals surface area contributed by atoms with E-state index < -0.39 is 10.0 Å². The molecule has 5 nitrogen and oxygen atoms in total. The van der Waals surface area contributed by atoms with E-state index in [4.69, 9.17) is 16.7 Å². The summed E-state index contributed by atoms with van der Waals surface area (Å²) in [7, 11) is -3.63. The summed E-state index contributed by atoms with van der Waals surface area (Å²) in [6.07, 6.45) is 1.58. The van der Waals surface area contributed by atoms with E-state index in [1.807, 2.05) is 13.8 Å². The van der Waals surface area contributed by atoms with Crippen LogP contribution in [-0.2, 0) is 10.0 Å². The van der Waals surface area contributed by atoms with Gasteiger partial charge in [0.25, 0.3) is 0 Å². The van der Waals surface area contributed by atoms with E-state index >= 15 is 0 Å². The van der Waals surface area contributed by atoms with E-state index in [1.54, 1.807) is 0 Å². The van der Waals surface area contributed by atoms with Crippen LogP contribution in [0.25, 0.3) is 0 Å². The summed E-state index contributed by atoms with van der Waals surface area (Å²) in [5, 5.41) is 9.17. The lowest BCUT2D eigenvalue weighted by atomic mass is 10.0. The summed E-state index contributed by atoms with van der Waals surface area (Å²) in [6, 6.07) is 2.51. The average molecular weight is 293 g/mol. The lowest BCUT2D eigenvalue weighted by molar-refractivity contribution is 0.256. The molecular weight excluding hydrogens is 276 g/mol. The molecule has 102 valence electrons. The smallest absolute Gasteiger partial charge is 0.242 e. The molecule has 1 aromatic rings. The molecule has 0 spiro atoms. The van der Waals surface area contributed by atoms with Crippen molar-refractivity contribution >= 4 is 21.6 Å². The molecule has 1 heterocycles. The van der Waals surface area contributed by atoms with E-state index in [2.05, 4.69) is 9.71 Å². The Kier molecular flexibility index (Phi) is 5.52. The molecule has 0 fully saturated rings. The Morgan fingerprint density at radius 1 is 1.44 bits per heavy atom. The number of rotatable bonds is 6. The number of nitrogens with one attached hydrogen (secondary N) is 1. The van der Waals surface area contributed by atoms with Crippen LogP contribution in [0.4, 0.5) is 0 Å². The molecule has 0 aromatic carbocycles. The first-order chi connectivity index (χ1) is 8.36. The molecule has 0 aliphatic heterocycles. The van der Waals surface area contributed by atoms with Crippen molar-refractivity contribution in [2.45, 2.75) is 31.2 Å². The van der Waals surface area contributed by atoms with Gasteiger partial charge in [-0.3, -0.25) is 0 Å². The normalized spacial score (nSPS) is 13.8. The van der Waals surface area contributed by atoms with Crippen molar-refractivity contribution < 1.29 is 13.5 Å². The van der Waals surface area contributed by atoms with Crippen molar-refractivity contribution in [3.63, 3.8) is 0 Å². The van der Waals surface area contributed by atoms with Crippen LogP contribution in [0.5, 0.6) is 0 Å². The highest BCUT2D eigenvalue weighted by atomic mass is 35.5. The topological polar surface area (TPSA) is 79.3 Å². The predicted molar refractivity (Wildman–Crippen MR) is 69.9 cm³/mol. The van der Waals surface area contributed by atoms with Gasteiger partial charge in [-0.1, -0.05) is 25.4 Å². The maximum absolute atomic E-state index is 12.1. The van der Waals surface area contributed by atoms with Gasteiger partial charge in [0.2, 0.25) is 10.0 Å². The number of hydrogen-bond donors (Lipinski definition) is 2. The van der Waals surface area contributed by atoms with Gasteiger partial charge in [0, 0.05) is 18.8 Å². The van der Waals surface area contributed by atoms with E-state index in [9.17, 15) is 8.42 Å². The first-order valence-corrected chi connectivity index (χ1v) is 7.47. The number of nitrogens with zero attached hydrogens (tertiary/aromatic N) is 1. The number of sulfonamides is 1. The highest BCUT2D eigenvalue weighted by Gasteiger charge is 2.22. The molecule has 0 saturated heterocycles. The van der Waals surface area contributed by atoms with E-state index in [0.717, 1.165) is 0 Å². The fourth-order valence-electron chi connectivity index (χ4n) is 1.46. The zero-order valence-electron chi connectivity index (χ0n) is 10.3. The van der Waals surface area contributed by atoms with Crippen molar-refractivity contribution in [1.82, 2.24) is 9.71 Å². The third kappa shape index (κ3) is 4.20. The van der Waals surface area contributed by atoms with Crippen LogP contribution in [0.15, 0.2) is 23.2 Å². The highest BCUT2D eigenvalue weighted by Crippen LogP contribution is 2.14. The second kappa shape index (κ2) is 6.47. The minimum atomic E-state index is -3.63. The van der Waals surface area contributed by atoms with Crippen LogP contribution in [0, 0.1) is 5.92 Å². The molecule has 0 aliphatic rings. The number of aromatic nitrogens is 1. The van der Waals surface area contributed by atoms with Crippen LogP contribution >= 0.6 is 11.6 Å². The van der Waals surface area contributed by atoms with Gasteiger partial charge in [0.05, 0.1) is 0 Å². The Morgan fingerprint density at radius 2 is 2.11 bits per heavy atom. The zero-order valence-corrected chi connectivity index (χ0v) is 11.9. The third-order valence-corrected chi connectivity index (χ3v) is 4.26. The average Bonchev–Trinajstić information content (AvgIpc) is 2.28. The molecule has 0 aliphatic carbocycles. The van der Waals surface area contributed by atoms with E-state index in [1.165, 1.54) is 18.3 Å². The van der Waals surface area contributed by atoms with Gasteiger partial charge >= 0.3 is 0 Å².